The van der Waals surface area contributed by atoms with Gasteiger partial charge in [0, 0.05) is 18.2 Å². The third-order valence-corrected chi connectivity index (χ3v) is 2.61. The number of ether oxygens (including phenoxy) is 1. The molecule has 8 heteroatoms. The first-order valence-corrected chi connectivity index (χ1v) is 5.67. The second-order valence-corrected chi connectivity index (χ2v) is 3.95. The van der Waals surface area contributed by atoms with E-state index in [9.17, 15) is 14.9 Å². The number of carbonyl (C=O) groups is 1. The summed E-state index contributed by atoms with van der Waals surface area (Å²) in [5.74, 6) is -0.374. The molecule has 1 aromatic rings. The first-order valence-electron chi connectivity index (χ1n) is 5.67. The molecular formula is C12H11N3O5. The van der Waals surface area contributed by atoms with Gasteiger partial charge in [0.25, 0.3) is 11.6 Å². The van der Waals surface area contributed by atoms with Crippen molar-refractivity contribution in [3.8, 4) is 0 Å². The summed E-state index contributed by atoms with van der Waals surface area (Å²) in [6.07, 6.45) is 3.20. The highest BCUT2D eigenvalue weighted by Gasteiger charge is 2.24. The van der Waals surface area contributed by atoms with Crippen LogP contribution in [0.1, 0.15) is 5.56 Å². The molecule has 0 fully saturated rings. The number of hydrogen-bond acceptors (Lipinski definition) is 6. The van der Waals surface area contributed by atoms with Crippen LogP contribution in [0.25, 0.3) is 6.08 Å². The normalized spacial score (nSPS) is 17.6. The number of nitrogens with zero attached hydrogens (tertiary/aromatic N) is 2. The van der Waals surface area contributed by atoms with E-state index >= 15 is 0 Å². The Morgan fingerprint density at radius 1 is 1.45 bits per heavy atom. The van der Waals surface area contributed by atoms with Gasteiger partial charge in [-0.15, -0.1) is 0 Å². The molecule has 0 aliphatic carbocycles. The minimum absolute atomic E-state index is 0.0105. The van der Waals surface area contributed by atoms with Crippen LogP contribution in [-0.4, -0.2) is 34.6 Å². The van der Waals surface area contributed by atoms with Crippen molar-refractivity contribution >= 4 is 23.6 Å². The number of aliphatic imine (C=N–C) groups is 1. The van der Waals surface area contributed by atoms with Gasteiger partial charge in [0.15, 0.2) is 6.04 Å². The molecule has 1 amide bonds. The van der Waals surface area contributed by atoms with Crippen molar-refractivity contribution in [3.05, 3.63) is 46.0 Å². The van der Waals surface area contributed by atoms with E-state index in [2.05, 4.69) is 4.99 Å². The van der Waals surface area contributed by atoms with E-state index in [1.54, 1.807) is 24.3 Å². The third-order valence-electron chi connectivity index (χ3n) is 2.61. The zero-order chi connectivity index (χ0) is 14.5. The molecule has 1 heterocycles. The van der Waals surface area contributed by atoms with E-state index in [0.717, 1.165) is 5.56 Å². The third kappa shape index (κ3) is 3.18. The Morgan fingerprint density at radius 3 is 2.75 bits per heavy atom. The minimum atomic E-state index is -0.767. The maximum absolute atomic E-state index is 11.1. The van der Waals surface area contributed by atoms with E-state index in [1.807, 2.05) is 0 Å². The van der Waals surface area contributed by atoms with Crippen LogP contribution in [0.5, 0.6) is 0 Å². The lowest BCUT2D eigenvalue weighted by Crippen LogP contribution is -2.31. The number of rotatable bonds is 4. The Morgan fingerprint density at radius 2 is 2.15 bits per heavy atom. The molecule has 0 spiro atoms. The molecule has 20 heavy (non-hydrogen) atoms. The highest BCUT2D eigenvalue weighted by atomic mass is 16.6. The number of nitro benzene ring substituents is 1. The molecule has 1 aromatic carbocycles. The number of benzene rings is 1. The summed E-state index contributed by atoms with van der Waals surface area (Å²) in [4.78, 5) is 25.1. The van der Waals surface area contributed by atoms with Crippen molar-refractivity contribution < 1.29 is 19.7 Å². The number of hydrogen-bond donors (Lipinski definition) is 2. The van der Waals surface area contributed by atoms with Gasteiger partial charge in [-0.3, -0.25) is 20.1 Å². The molecule has 104 valence electrons. The summed E-state index contributed by atoms with van der Waals surface area (Å²) in [6, 6.07) is 5.18. The number of nitro groups is 1. The van der Waals surface area contributed by atoms with E-state index in [0.29, 0.717) is 0 Å². The van der Waals surface area contributed by atoms with Crippen molar-refractivity contribution in [2.75, 3.05) is 6.61 Å². The molecule has 0 bridgehead atoms. The van der Waals surface area contributed by atoms with Crippen molar-refractivity contribution in [2.24, 2.45) is 4.99 Å². The minimum Gasteiger partial charge on any atom is -0.475 e. The predicted molar refractivity (Wildman–Crippen MR) is 69.2 cm³/mol. The lowest BCUT2D eigenvalue weighted by atomic mass is 10.2. The van der Waals surface area contributed by atoms with E-state index in [1.165, 1.54) is 17.6 Å². The summed E-state index contributed by atoms with van der Waals surface area (Å²) < 4.78 is 5.16. The Hall–Kier alpha value is -2.74. The second kappa shape index (κ2) is 5.93. The molecule has 1 aliphatic heterocycles. The molecule has 8 nitrogen and oxygen atoms in total. The van der Waals surface area contributed by atoms with E-state index in [4.69, 9.17) is 9.94 Å². The van der Waals surface area contributed by atoms with Gasteiger partial charge < -0.3 is 4.74 Å². The molecule has 1 atom stereocenters. The van der Waals surface area contributed by atoms with Crippen molar-refractivity contribution in [1.29, 1.82) is 0 Å². The molecule has 1 aliphatic rings. The predicted octanol–water partition coefficient (Wildman–Crippen LogP) is 0.911. The molecule has 0 saturated carbocycles. The van der Waals surface area contributed by atoms with Crippen LogP contribution >= 0.6 is 0 Å². The topological polar surface area (TPSA) is 114 Å². The Kier molecular flexibility index (Phi) is 4.06. The maximum Gasteiger partial charge on any atom is 0.271 e. The maximum atomic E-state index is 11.1. The SMILES string of the molecule is O=C(NO)[C@H]1COC(/C=C/c2ccc([N+](=O)[O-])cc2)=N1. The molecular weight excluding hydrogens is 266 g/mol. The van der Waals surface area contributed by atoms with Crippen LogP contribution in [-0.2, 0) is 9.53 Å². The van der Waals surface area contributed by atoms with Crippen molar-refractivity contribution in [2.45, 2.75) is 6.04 Å². The molecule has 2 N–H and O–H groups in total. The van der Waals surface area contributed by atoms with E-state index < -0.39 is 16.9 Å². The first kappa shape index (κ1) is 13.7. The fourth-order valence-corrected chi connectivity index (χ4v) is 1.57. The summed E-state index contributed by atoms with van der Waals surface area (Å²) in [6.45, 7) is 0.0618. The molecule has 0 saturated heterocycles. The molecule has 0 radical (unpaired) electrons. The Balaban J connectivity index is 2.03. The number of carbonyl (C=O) groups excluding carboxylic acids is 1. The Bertz CT molecular complexity index is 579. The van der Waals surface area contributed by atoms with Crippen molar-refractivity contribution in [3.63, 3.8) is 0 Å². The van der Waals surface area contributed by atoms with Crippen LogP contribution in [0.3, 0.4) is 0 Å². The Labute approximate surface area is 113 Å². The smallest absolute Gasteiger partial charge is 0.271 e. The molecule has 2 rings (SSSR count). The first-order chi connectivity index (χ1) is 9.60. The second-order valence-electron chi connectivity index (χ2n) is 3.95. The largest absolute Gasteiger partial charge is 0.475 e. The molecule has 0 aromatic heterocycles. The van der Waals surface area contributed by atoms with Gasteiger partial charge in [-0.25, -0.2) is 10.5 Å². The van der Waals surface area contributed by atoms with Crippen LogP contribution in [0.2, 0.25) is 0 Å². The average molecular weight is 277 g/mol. The van der Waals surface area contributed by atoms with Crippen LogP contribution in [0.4, 0.5) is 5.69 Å². The number of non-ortho nitro benzene ring substituents is 1. The fraction of sp³-hybridized carbons (Fsp3) is 0.167. The zero-order valence-electron chi connectivity index (χ0n) is 10.2. The van der Waals surface area contributed by atoms with Gasteiger partial charge >= 0.3 is 0 Å². The quantitative estimate of drug-likeness (QED) is 0.482. The van der Waals surface area contributed by atoms with Gasteiger partial charge in [0.05, 0.1) is 4.92 Å². The van der Waals surface area contributed by atoms with Crippen molar-refractivity contribution in [1.82, 2.24) is 5.48 Å². The lowest BCUT2D eigenvalue weighted by molar-refractivity contribution is -0.384. The summed E-state index contributed by atoms with van der Waals surface area (Å²) in [5, 5.41) is 19.0. The standard InChI is InChI=1S/C12H11N3O5/c16-12(14-17)10-7-20-11(13-10)6-3-8-1-4-9(5-2-8)15(18)19/h1-6,10,17H,7H2,(H,14,16)/b6-3+/t10-/m1/s1. The van der Waals surface area contributed by atoms with Crippen LogP contribution in [0, 0.1) is 10.1 Å². The monoisotopic (exact) mass is 277 g/mol. The lowest BCUT2D eigenvalue weighted by Gasteiger charge is -1.99. The van der Waals surface area contributed by atoms with Crippen LogP contribution in [0.15, 0.2) is 35.3 Å². The summed E-state index contributed by atoms with van der Waals surface area (Å²) in [7, 11) is 0. The van der Waals surface area contributed by atoms with Crippen LogP contribution < -0.4 is 5.48 Å². The fourth-order valence-electron chi connectivity index (χ4n) is 1.57. The summed E-state index contributed by atoms with van der Waals surface area (Å²) >= 11 is 0. The summed E-state index contributed by atoms with van der Waals surface area (Å²) in [5.41, 5.74) is 2.25. The number of hydroxylamine groups is 1. The average Bonchev–Trinajstić information content (AvgIpc) is 2.93. The van der Waals surface area contributed by atoms with Gasteiger partial charge in [-0.1, -0.05) is 0 Å². The van der Waals surface area contributed by atoms with Gasteiger partial charge in [-0.2, -0.15) is 0 Å². The van der Waals surface area contributed by atoms with Gasteiger partial charge in [-0.05, 0) is 23.8 Å². The van der Waals surface area contributed by atoms with E-state index in [-0.39, 0.29) is 18.2 Å². The highest BCUT2D eigenvalue weighted by Crippen LogP contribution is 2.13. The van der Waals surface area contributed by atoms with Gasteiger partial charge in [0.2, 0.25) is 5.90 Å². The zero-order valence-corrected chi connectivity index (χ0v) is 10.2. The highest BCUT2D eigenvalue weighted by molar-refractivity contribution is 5.96. The number of nitrogens with one attached hydrogen (secondary N) is 1. The van der Waals surface area contributed by atoms with Gasteiger partial charge in [0.1, 0.15) is 6.61 Å². The number of amides is 1. The molecule has 0 unspecified atom stereocenters.